The van der Waals surface area contributed by atoms with Gasteiger partial charge in [-0.2, -0.15) is 0 Å². The summed E-state index contributed by atoms with van der Waals surface area (Å²) in [5.74, 6) is 0. The van der Waals surface area contributed by atoms with Gasteiger partial charge in [0.05, 0.1) is 0 Å². The second-order valence-electron chi connectivity index (χ2n) is 6.67. The zero-order valence-corrected chi connectivity index (χ0v) is 11.4. The van der Waals surface area contributed by atoms with Gasteiger partial charge in [0, 0.05) is 25.2 Å². The summed E-state index contributed by atoms with van der Waals surface area (Å²) in [4.78, 5) is 0. The molecule has 94 valence electrons. The normalized spacial score (nSPS) is 44.2. The highest BCUT2D eigenvalue weighted by Gasteiger charge is 2.46. The van der Waals surface area contributed by atoms with Crippen LogP contribution < -0.4 is 10.6 Å². The van der Waals surface area contributed by atoms with E-state index in [4.69, 9.17) is 0 Å². The summed E-state index contributed by atoms with van der Waals surface area (Å²) in [6.07, 6.45) is 5.68. The Hall–Kier alpha value is -0.0800. The first-order valence-corrected chi connectivity index (χ1v) is 6.94. The molecule has 1 heterocycles. The zero-order valence-electron chi connectivity index (χ0n) is 11.4. The quantitative estimate of drug-likeness (QED) is 0.715. The molecular weight excluding hydrogens is 196 g/mol. The van der Waals surface area contributed by atoms with Gasteiger partial charge in [0.15, 0.2) is 0 Å². The van der Waals surface area contributed by atoms with Gasteiger partial charge in [-0.15, -0.1) is 0 Å². The number of hydrogen-bond donors (Lipinski definition) is 2. The molecule has 2 aliphatic rings. The topological polar surface area (TPSA) is 24.1 Å². The summed E-state index contributed by atoms with van der Waals surface area (Å²) in [5, 5.41) is 7.45. The molecule has 16 heavy (non-hydrogen) atoms. The molecule has 1 aliphatic heterocycles. The minimum atomic E-state index is 0.419. The molecular formula is C14H28N2. The standard InChI is InChI=1S/C14H28N2/c1-11-12(2)16-10-14(4,9-15-11)13(3)7-5-6-8-13/h11-12,15-16H,5-10H2,1-4H3. The van der Waals surface area contributed by atoms with Crippen molar-refractivity contribution < 1.29 is 0 Å². The van der Waals surface area contributed by atoms with Crippen molar-refractivity contribution in [3.63, 3.8) is 0 Å². The van der Waals surface area contributed by atoms with E-state index in [2.05, 4.69) is 38.3 Å². The zero-order chi connectivity index (χ0) is 11.8. The first-order valence-electron chi connectivity index (χ1n) is 6.94. The molecule has 0 aromatic heterocycles. The fraction of sp³-hybridized carbons (Fsp3) is 1.00. The van der Waals surface area contributed by atoms with Crippen LogP contribution in [0, 0.1) is 10.8 Å². The van der Waals surface area contributed by atoms with Crippen molar-refractivity contribution in [3.05, 3.63) is 0 Å². The average Bonchev–Trinajstić information content (AvgIpc) is 2.66. The molecule has 0 radical (unpaired) electrons. The van der Waals surface area contributed by atoms with Gasteiger partial charge in [0.25, 0.3) is 0 Å². The molecule has 0 aromatic carbocycles. The van der Waals surface area contributed by atoms with Crippen LogP contribution in [0.1, 0.15) is 53.4 Å². The molecule has 2 nitrogen and oxygen atoms in total. The van der Waals surface area contributed by atoms with Gasteiger partial charge in [-0.25, -0.2) is 0 Å². The number of nitrogens with one attached hydrogen (secondary N) is 2. The molecule has 2 atom stereocenters. The minimum absolute atomic E-state index is 0.419. The first kappa shape index (κ1) is 12.4. The van der Waals surface area contributed by atoms with Crippen LogP contribution in [0.2, 0.25) is 0 Å². The summed E-state index contributed by atoms with van der Waals surface area (Å²) in [6, 6.07) is 1.18. The molecule has 0 spiro atoms. The van der Waals surface area contributed by atoms with Crippen molar-refractivity contribution in [1.29, 1.82) is 0 Å². The summed E-state index contributed by atoms with van der Waals surface area (Å²) in [6.45, 7) is 11.9. The first-order chi connectivity index (χ1) is 7.47. The maximum absolute atomic E-state index is 3.72. The van der Waals surface area contributed by atoms with E-state index in [1.807, 2.05) is 0 Å². The lowest BCUT2D eigenvalue weighted by atomic mass is 9.64. The minimum Gasteiger partial charge on any atom is -0.312 e. The maximum atomic E-state index is 3.72. The largest absolute Gasteiger partial charge is 0.312 e. The predicted octanol–water partition coefficient (Wildman–Crippen LogP) is 2.54. The van der Waals surface area contributed by atoms with Crippen LogP contribution in [0.25, 0.3) is 0 Å². The Labute approximate surface area is 101 Å². The Balaban J connectivity index is 2.12. The van der Waals surface area contributed by atoms with Crippen LogP contribution in [-0.4, -0.2) is 25.2 Å². The van der Waals surface area contributed by atoms with Gasteiger partial charge >= 0.3 is 0 Å². The SMILES string of the molecule is CC1NCC(C)(C2(C)CCCC2)CNC1C. The van der Waals surface area contributed by atoms with Crippen LogP contribution in [-0.2, 0) is 0 Å². The number of hydrogen-bond acceptors (Lipinski definition) is 2. The van der Waals surface area contributed by atoms with Crippen LogP contribution in [0.15, 0.2) is 0 Å². The van der Waals surface area contributed by atoms with Crippen LogP contribution >= 0.6 is 0 Å². The van der Waals surface area contributed by atoms with Crippen LogP contribution in [0.5, 0.6) is 0 Å². The lowest BCUT2D eigenvalue weighted by molar-refractivity contribution is 0.0800. The summed E-state index contributed by atoms with van der Waals surface area (Å²) in [7, 11) is 0. The van der Waals surface area contributed by atoms with Crippen LogP contribution in [0.3, 0.4) is 0 Å². The van der Waals surface area contributed by atoms with Gasteiger partial charge in [0.2, 0.25) is 0 Å². The Kier molecular flexibility index (Phi) is 3.33. The monoisotopic (exact) mass is 224 g/mol. The summed E-state index contributed by atoms with van der Waals surface area (Å²) >= 11 is 0. The van der Waals surface area contributed by atoms with E-state index < -0.39 is 0 Å². The van der Waals surface area contributed by atoms with Crippen molar-refractivity contribution in [3.8, 4) is 0 Å². The average molecular weight is 224 g/mol. The Morgan fingerprint density at radius 1 is 0.812 bits per heavy atom. The van der Waals surface area contributed by atoms with E-state index >= 15 is 0 Å². The third-order valence-corrected chi connectivity index (χ3v) is 5.54. The molecule has 2 unspecified atom stereocenters. The van der Waals surface area contributed by atoms with E-state index in [9.17, 15) is 0 Å². The summed E-state index contributed by atoms with van der Waals surface area (Å²) < 4.78 is 0. The van der Waals surface area contributed by atoms with Gasteiger partial charge < -0.3 is 10.6 Å². The fourth-order valence-electron chi connectivity index (χ4n) is 3.37. The van der Waals surface area contributed by atoms with E-state index in [1.54, 1.807) is 0 Å². The van der Waals surface area contributed by atoms with Crippen molar-refractivity contribution in [1.82, 2.24) is 10.6 Å². The van der Waals surface area contributed by atoms with Crippen molar-refractivity contribution in [2.75, 3.05) is 13.1 Å². The predicted molar refractivity (Wildman–Crippen MR) is 69.6 cm³/mol. The van der Waals surface area contributed by atoms with Crippen molar-refractivity contribution >= 4 is 0 Å². The van der Waals surface area contributed by atoms with Gasteiger partial charge in [-0.3, -0.25) is 0 Å². The molecule has 2 fully saturated rings. The molecule has 2 rings (SSSR count). The van der Waals surface area contributed by atoms with E-state index in [1.165, 1.54) is 38.8 Å². The highest BCUT2D eigenvalue weighted by molar-refractivity contribution is 5.00. The second kappa shape index (κ2) is 4.30. The summed E-state index contributed by atoms with van der Waals surface area (Å²) in [5.41, 5.74) is 0.958. The van der Waals surface area contributed by atoms with E-state index in [0.717, 1.165) is 0 Å². The van der Waals surface area contributed by atoms with Crippen molar-refractivity contribution in [2.45, 2.75) is 65.5 Å². The third kappa shape index (κ3) is 2.02. The molecule has 0 aromatic rings. The maximum Gasteiger partial charge on any atom is 0.0190 e. The molecule has 1 aliphatic carbocycles. The Bertz CT molecular complexity index is 231. The Morgan fingerprint density at radius 2 is 1.25 bits per heavy atom. The van der Waals surface area contributed by atoms with Gasteiger partial charge in [-0.05, 0) is 37.5 Å². The Morgan fingerprint density at radius 3 is 1.69 bits per heavy atom. The molecule has 2 N–H and O–H groups in total. The fourth-order valence-corrected chi connectivity index (χ4v) is 3.37. The van der Waals surface area contributed by atoms with Gasteiger partial charge in [0.1, 0.15) is 0 Å². The second-order valence-corrected chi connectivity index (χ2v) is 6.67. The number of rotatable bonds is 1. The van der Waals surface area contributed by atoms with Crippen molar-refractivity contribution in [2.24, 2.45) is 10.8 Å². The van der Waals surface area contributed by atoms with Crippen LogP contribution in [0.4, 0.5) is 0 Å². The molecule has 0 amide bonds. The smallest absolute Gasteiger partial charge is 0.0190 e. The molecule has 1 saturated carbocycles. The lowest BCUT2D eigenvalue weighted by Crippen LogP contribution is -2.47. The lowest BCUT2D eigenvalue weighted by Gasteiger charge is -2.44. The van der Waals surface area contributed by atoms with E-state index in [-0.39, 0.29) is 0 Å². The highest BCUT2D eigenvalue weighted by Crippen LogP contribution is 2.50. The highest BCUT2D eigenvalue weighted by atomic mass is 15.1. The molecule has 1 saturated heterocycles. The van der Waals surface area contributed by atoms with E-state index in [0.29, 0.717) is 22.9 Å². The molecule has 2 heteroatoms. The van der Waals surface area contributed by atoms with Gasteiger partial charge in [-0.1, -0.05) is 26.7 Å². The molecule has 0 bridgehead atoms. The third-order valence-electron chi connectivity index (χ3n) is 5.54.